The Bertz CT molecular complexity index is 587. The second-order valence-corrected chi connectivity index (χ2v) is 7.30. The SMILES string of the molecule is CCc1ccc(CC2(CN)CCc3ccccc3C2)s1. The number of fused-ring (bicyclic) bond motifs is 1. The fourth-order valence-electron chi connectivity index (χ4n) is 3.34. The van der Waals surface area contributed by atoms with Crippen molar-refractivity contribution >= 4 is 11.3 Å². The molecule has 2 N–H and O–H groups in total. The number of nitrogens with two attached hydrogens (primary N) is 1. The fourth-order valence-corrected chi connectivity index (χ4v) is 4.47. The summed E-state index contributed by atoms with van der Waals surface area (Å²) in [6.45, 7) is 3.02. The van der Waals surface area contributed by atoms with Gasteiger partial charge in [-0.25, -0.2) is 0 Å². The van der Waals surface area contributed by atoms with Crippen LogP contribution in [0.4, 0.5) is 0 Å². The maximum absolute atomic E-state index is 6.19. The number of rotatable bonds is 4. The van der Waals surface area contributed by atoms with Gasteiger partial charge in [0.15, 0.2) is 0 Å². The first-order valence-corrected chi connectivity index (χ1v) is 8.41. The minimum atomic E-state index is 0.268. The Morgan fingerprint density at radius 2 is 1.85 bits per heavy atom. The molecule has 1 aromatic heterocycles. The molecule has 0 amide bonds. The standard InChI is InChI=1S/C18H23NS/c1-2-16-7-8-17(20-16)12-18(13-19)10-9-14-5-3-4-6-15(14)11-18/h3-8H,2,9-13,19H2,1H3. The fraction of sp³-hybridized carbons (Fsp3) is 0.444. The molecule has 1 aromatic carbocycles. The van der Waals surface area contributed by atoms with E-state index in [1.54, 1.807) is 0 Å². The Hall–Kier alpha value is -1.12. The largest absolute Gasteiger partial charge is 0.330 e. The third-order valence-electron chi connectivity index (χ3n) is 4.66. The number of aryl methyl sites for hydroxylation is 2. The van der Waals surface area contributed by atoms with Crippen LogP contribution < -0.4 is 5.73 Å². The topological polar surface area (TPSA) is 26.0 Å². The van der Waals surface area contributed by atoms with Crippen molar-refractivity contribution in [2.24, 2.45) is 11.1 Å². The molecule has 0 fully saturated rings. The van der Waals surface area contributed by atoms with E-state index in [2.05, 4.69) is 43.3 Å². The molecular weight excluding hydrogens is 262 g/mol. The lowest BCUT2D eigenvalue weighted by Crippen LogP contribution is -2.38. The van der Waals surface area contributed by atoms with Crippen molar-refractivity contribution < 1.29 is 0 Å². The molecule has 0 bridgehead atoms. The first kappa shape index (κ1) is 13.8. The number of benzene rings is 1. The molecule has 3 rings (SSSR count). The predicted molar refractivity (Wildman–Crippen MR) is 87.4 cm³/mol. The molecule has 1 unspecified atom stereocenters. The highest BCUT2D eigenvalue weighted by Gasteiger charge is 2.33. The molecule has 1 aliphatic rings. The lowest BCUT2D eigenvalue weighted by atomic mass is 9.69. The van der Waals surface area contributed by atoms with Crippen LogP contribution in [0.25, 0.3) is 0 Å². The van der Waals surface area contributed by atoms with Gasteiger partial charge in [-0.05, 0) is 67.3 Å². The normalized spacial score (nSPS) is 21.7. The average molecular weight is 285 g/mol. The molecule has 106 valence electrons. The van der Waals surface area contributed by atoms with E-state index in [0.29, 0.717) is 0 Å². The van der Waals surface area contributed by atoms with Crippen LogP contribution in [-0.4, -0.2) is 6.54 Å². The summed E-state index contributed by atoms with van der Waals surface area (Å²) in [5.41, 5.74) is 9.49. The molecule has 1 nitrogen and oxygen atoms in total. The number of hydrogen-bond acceptors (Lipinski definition) is 2. The van der Waals surface area contributed by atoms with Gasteiger partial charge in [0.05, 0.1) is 0 Å². The van der Waals surface area contributed by atoms with Crippen LogP contribution in [-0.2, 0) is 25.7 Å². The lowest BCUT2D eigenvalue weighted by molar-refractivity contribution is 0.256. The molecule has 0 spiro atoms. The van der Waals surface area contributed by atoms with Crippen molar-refractivity contribution in [1.82, 2.24) is 0 Å². The van der Waals surface area contributed by atoms with Gasteiger partial charge in [0.1, 0.15) is 0 Å². The van der Waals surface area contributed by atoms with E-state index in [1.807, 2.05) is 11.3 Å². The second kappa shape index (κ2) is 5.71. The van der Waals surface area contributed by atoms with Crippen LogP contribution in [0.15, 0.2) is 36.4 Å². The molecule has 0 saturated heterocycles. The molecule has 0 radical (unpaired) electrons. The monoisotopic (exact) mass is 285 g/mol. The zero-order valence-corrected chi connectivity index (χ0v) is 13.0. The molecule has 0 saturated carbocycles. The number of hydrogen-bond donors (Lipinski definition) is 1. The Kier molecular flexibility index (Phi) is 3.95. The van der Waals surface area contributed by atoms with Gasteiger partial charge in [-0.3, -0.25) is 0 Å². The Morgan fingerprint density at radius 3 is 2.55 bits per heavy atom. The quantitative estimate of drug-likeness (QED) is 0.903. The Balaban J connectivity index is 1.82. The maximum Gasteiger partial charge on any atom is 0.00543 e. The average Bonchev–Trinajstić information content (AvgIpc) is 2.94. The highest BCUT2D eigenvalue weighted by atomic mass is 32.1. The minimum absolute atomic E-state index is 0.268. The summed E-state index contributed by atoms with van der Waals surface area (Å²) in [6.07, 6.45) is 5.82. The summed E-state index contributed by atoms with van der Waals surface area (Å²) < 4.78 is 0. The zero-order chi connectivity index (χ0) is 14.0. The summed E-state index contributed by atoms with van der Waals surface area (Å²) >= 11 is 1.97. The van der Waals surface area contributed by atoms with Crippen LogP contribution in [0.5, 0.6) is 0 Å². The van der Waals surface area contributed by atoms with Gasteiger partial charge < -0.3 is 5.73 Å². The first-order chi connectivity index (χ1) is 9.74. The number of thiophene rings is 1. The summed E-state index contributed by atoms with van der Waals surface area (Å²) in [6, 6.07) is 13.5. The summed E-state index contributed by atoms with van der Waals surface area (Å²) in [5, 5.41) is 0. The van der Waals surface area contributed by atoms with Gasteiger partial charge >= 0.3 is 0 Å². The van der Waals surface area contributed by atoms with Crippen molar-refractivity contribution in [3.63, 3.8) is 0 Å². The van der Waals surface area contributed by atoms with Crippen LogP contribution >= 0.6 is 11.3 Å². The van der Waals surface area contributed by atoms with Crippen molar-refractivity contribution in [1.29, 1.82) is 0 Å². The van der Waals surface area contributed by atoms with Gasteiger partial charge in [-0.2, -0.15) is 0 Å². The van der Waals surface area contributed by atoms with E-state index in [-0.39, 0.29) is 5.41 Å². The van der Waals surface area contributed by atoms with Crippen LogP contribution in [0, 0.1) is 5.41 Å². The Morgan fingerprint density at radius 1 is 1.10 bits per heavy atom. The van der Waals surface area contributed by atoms with E-state index >= 15 is 0 Å². The van der Waals surface area contributed by atoms with E-state index in [0.717, 1.165) is 25.8 Å². The van der Waals surface area contributed by atoms with Gasteiger partial charge in [0, 0.05) is 9.75 Å². The highest BCUT2D eigenvalue weighted by Crippen LogP contribution is 2.38. The second-order valence-electron chi connectivity index (χ2n) is 6.05. The molecule has 0 aliphatic heterocycles. The van der Waals surface area contributed by atoms with Crippen molar-refractivity contribution in [3.05, 3.63) is 57.3 Å². The third-order valence-corrected chi connectivity index (χ3v) is 5.89. The van der Waals surface area contributed by atoms with Crippen molar-refractivity contribution in [3.8, 4) is 0 Å². The minimum Gasteiger partial charge on any atom is -0.330 e. The van der Waals surface area contributed by atoms with Gasteiger partial charge in [-0.15, -0.1) is 11.3 Å². The van der Waals surface area contributed by atoms with Crippen LogP contribution in [0.3, 0.4) is 0 Å². The van der Waals surface area contributed by atoms with Crippen LogP contribution in [0.2, 0.25) is 0 Å². The van der Waals surface area contributed by atoms with E-state index < -0.39 is 0 Å². The summed E-state index contributed by atoms with van der Waals surface area (Å²) in [4.78, 5) is 3.00. The molecule has 2 aromatic rings. The Labute approximate surface area is 125 Å². The summed E-state index contributed by atoms with van der Waals surface area (Å²) in [5.74, 6) is 0. The van der Waals surface area contributed by atoms with Crippen molar-refractivity contribution in [2.75, 3.05) is 6.54 Å². The van der Waals surface area contributed by atoms with Gasteiger partial charge in [-0.1, -0.05) is 31.2 Å². The first-order valence-electron chi connectivity index (χ1n) is 7.59. The smallest absolute Gasteiger partial charge is 0.00543 e. The van der Waals surface area contributed by atoms with Gasteiger partial charge in [0.2, 0.25) is 0 Å². The van der Waals surface area contributed by atoms with E-state index in [1.165, 1.54) is 33.7 Å². The summed E-state index contributed by atoms with van der Waals surface area (Å²) in [7, 11) is 0. The van der Waals surface area contributed by atoms with Crippen LogP contribution in [0.1, 0.15) is 34.2 Å². The van der Waals surface area contributed by atoms with Crippen molar-refractivity contribution in [2.45, 2.75) is 39.0 Å². The molecule has 1 heterocycles. The highest BCUT2D eigenvalue weighted by molar-refractivity contribution is 7.11. The maximum atomic E-state index is 6.19. The van der Waals surface area contributed by atoms with E-state index in [4.69, 9.17) is 5.73 Å². The van der Waals surface area contributed by atoms with E-state index in [9.17, 15) is 0 Å². The molecule has 20 heavy (non-hydrogen) atoms. The molecular formula is C18H23NS. The third kappa shape index (κ3) is 2.68. The predicted octanol–water partition coefficient (Wildman–Crippen LogP) is 3.99. The van der Waals surface area contributed by atoms with Gasteiger partial charge in [0.25, 0.3) is 0 Å². The lowest BCUT2D eigenvalue weighted by Gasteiger charge is -2.37. The molecule has 2 heteroatoms. The molecule has 1 aliphatic carbocycles. The molecule has 1 atom stereocenters. The zero-order valence-electron chi connectivity index (χ0n) is 12.2.